The summed E-state index contributed by atoms with van der Waals surface area (Å²) < 4.78 is 11.3. The van der Waals surface area contributed by atoms with Crippen LogP contribution in [-0.2, 0) is 17.9 Å². The van der Waals surface area contributed by atoms with Crippen molar-refractivity contribution in [3.05, 3.63) is 23.7 Å². The van der Waals surface area contributed by atoms with Crippen molar-refractivity contribution in [1.29, 1.82) is 0 Å². The van der Waals surface area contributed by atoms with Crippen LogP contribution >= 0.6 is 0 Å². The van der Waals surface area contributed by atoms with E-state index >= 15 is 0 Å². The van der Waals surface area contributed by atoms with Crippen LogP contribution in [0.1, 0.15) is 50.9 Å². The maximum Gasteiger partial charge on any atom is 0.129 e. The predicted molar refractivity (Wildman–Crippen MR) is 67.4 cm³/mol. The highest BCUT2D eigenvalue weighted by atomic mass is 16.5. The second-order valence-corrected chi connectivity index (χ2v) is 5.80. The van der Waals surface area contributed by atoms with Gasteiger partial charge in [0.2, 0.25) is 0 Å². The molecular weight excluding hydrogens is 214 g/mol. The number of furan rings is 1. The Kier molecular flexibility index (Phi) is 3.89. The SMILES string of the molecule is CC1(C)CCC(OCc2cc(CN)co2)CC1. The molecule has 0 saturated heterocycles. The Labute approximate surface area is 103 Å². The number of ether oxygens (including phenoxy) is 1. The summed E-state index contributed by atoms with van der Waals surface area (Å²) in [5.41, 5.74) is 7.06. The van der Waals surface area contributed by atoms with Crippen molar-refractivity contribution in [1.82, 2.24) is 0 Å². The lowest BCUT2D eigenvalue weighted by atomic mass is 9.76. The van der Waals surface area contributed by atoms with Gasteiger partial charge < -0.3 is 14.9 Å². The van der Waals surface area contributed by atoms with E-state index in [1.54, 1.807) is 6.26 Å². The molecule has 2 rings (SSSR count). The van der Waals surface area contributed by atoms with Crippen LogP contribution in [0, 0.1) is 5.41 Å². The van der Waals surface area contributed by atoms with Crippen LogP contribution in [0.5, 0.6) is 0 Å². The Hall–Kier alpha value is -0.800. The molecule has 1 fully saturated rings. The molecule has 2 N–H and O–H groups in total. The number of hydrogen-bond donors (Lipinski definition) is 1. The van der Waals surface area contributed by atoms with Gasteiger partial charge in [0.05, 0.1) is 12.4 Å². The van der Waals surface area contributed by atoms with Crippen LogP contribution in [0.4, 0.5) is 0 Å². The van der Waals surface area contributed by atoms with Crippen molar-refractivity contribution >= 4 is 0 Å². The average molecular weight is 237 g/mol. The van der Waals surface area contributed by atoms with E-state index in [2.05, 4.69) is 13.8 Å². The standard InChI is InChI=1S/C14H23NO2/c1-14(2)5-3-12(4-6-14)17-10-13-7-11(8-15)9-16-13/h7,9,12H,3-6,8,10,15H2,1-2H3. The van der Waals surface area contributed by atoms with Gasteiger partial charge in [-0.15, -0.1) is 0 Å². The van der Waals surface area contributed by atoms with Crippen LogP contribution in [0.2, 0.25) is 0 Å². The molecule has 0 aliphatic heterocycles. The minimum Gasteiger partial charge on any atom is -0.467 e. The van der Waals surface area contributed by atoms with E-state index in [-0.39, 0.29) is 0 Å². The molecule has 1 aromatic rings. The first kappa shape index (κ1) is 12.7. The molecule has 3 nitrogen and oxygen atoms in total. The van der Waals surface area contributed by atoms with Crippen molar-refractivity contribution < 1.29 is 9.15 Å². The summed E-state index contributed by atoms with van der Waals surface area (Å²) in [5.74, 6) is 0.885. The number of nitrogens with two attached hydrogens (primary N) is 1. The Morgan fingerprint density at radius 2 is 2.12 bits per heavy atom. The van der Waals surface area contributed by atoms with Crippen LogP contribution in [-0.4, -0.2) is 6.10 Å². The summed E-state index contributed by atoms with van der Waals surface area (Å²) in [4.78, 5) is 0. The van der Waals surface area contributed by atoms with Crippen molar-refractivity contribution in [3.8, 4) is 0 Å². The monoisotopic (exact) mass is 237 g/mol. The molecule has 0 aromatic carbocycles. The summed E-state index contributed by atoms with van der Waals surface area (Å²) in [5, 5.41) is 0. The molecule has 1 aliphatic rings. The maximum absolute atomic E-state index is 5.89. The fraction of sp³-hybridized carbons (Fsp3) is 0.714. The quantitative estimate of drug-likeness (QED) is 0.874. The third-order valence-electron chi connectivity index (χ3n) is 3.69. The van der Waals surface area contributed by atoms with E-state index in [1.165, 1.54) is 12.8 Å². The molecule has 96 valence electrons. The Morgan fingerprint density at radius 1 is 1.41 bits per heavy atom. The van der Waals surface area contributed by atoms with Gasteiger partial charge in [0.1, 0.15) is 12.4 Å². The molecule has 1 aliphatic carbocycles. The van der Waals surface area contributed by atoms with E-state index in [1.807, 2.05) is 6.07 Å². The molecule has 0 bridgehead atoms. The van der Waals surface area contributed by atoms with Crippen molar-refractivity contribution in [2.45, 2.75) is 58.8 Å². The summed E-state index contributed by atoms with van der Waals surface area (Å²) in [7, 11) is 0. The van der Waals surface area contributed by atoms with Crippen LogP contribution < -0.4 is 5.73 Å². The Morgan fingerprint density at radius 3 is 2.71 bits per heavy atom. The third kappa shape index (κ3) is 3.58. The van der Waals surface area contributed by atoms with Gasteiger partial charge in [-0.1, -0.05) is 13.8 Å². The molecule has 0 amide bonds. The predicted octanol–water partition coefficient (Wildman–Crippen LogP) is 3.22. The summed E-state index contributed by atoms with van der Waals surface area (Å²) in [6, 6.07) is 1.98. The molecular formula is C14H23NO2. The van der Waals surface area contributed by atoms with Crippen LogP contribution in [0.15, 0.2) is 16.7 Å². The first-order chi connectivity index (χ1) is 8.09. The normalized spacial score (nSPS) is 20.6. The van der Waals surface area contributed by atoms with Gasteiger partial charge in [-0.25, -0.2) is 0 Å². The van der Waals surface area contributed by atoms with E-state index in [9.17, 15) is 0 Å². The highest BCUT2D eigenvalue weighted by Crippen LogP contribution is 2.36. The summed E-state index contributed by atoms with van der Waals surface area (Å²) in [6.45, 7) is 5.78. The summed E-state index contributed by atoms with van der Waals surface area (Å²) in [6.07, 6.45) is 6.94. The maximum atomic E-state index is 5.89. The molecule has 0 unspecified atom stereocenters. The Balaban J connectivity index is 1.75. The molecule has 0 atom stereocenters. The molecule has 17 heavy (non-hydrogen) atoms. The zero-order chi connectivity index (χ0) is 12.3. The fourth-order valence-corrected chi connectivity index (χ4v) is 2.35. The molecule has 1 saturated carbocycles. The van der Waals surface area contributed by atoms with Crippen molar-refractivity contribution in [2.75, 3.05) is 0 Å². The molecule has 0 spiro atoms. The van der Waals surface area contributed by atoms with Gasteiger partial charge in [0.25, 0.3) is 0 Å². The van der Waals surface area contributed by atoms with Gasteiger partial charge in [0.15, 0.2) is 0 Å². The first-order valence-corrected chi connectivity index (χ1v) is 6.47. The molecule has 1 heterocycles. The number of hydrogen-bond acceptors (Lipinski definition) is 3. The van der Waals surface area contributed by atoms with E-state index in [0.717, 1.165) is 24.2 Å². The zero-order valence-electron chi connectivity index (χ0n) is 10.9. The van der Waals surface area contributed by atoms with E-state index in [0.29, 0.717) is 24.7 Å². The lowest BCUT2D eigenvalue weighted by Crippen LogP contribution is -2.26. The average Bonchev–Trinajstić information content (AvgIpc) is 2.75. The molecule has 0 radical (unpaired) electrons. The second-order valence-electron chi connectivity index (χ2n) is 5.80. The lowest BCUT2D eigenvalue weighted by Gasteiger charge is -2.33. The summed E-state index contributed by atoms with van der Waals surface area (Å²) >= 11 is 0. The van der Waals surface area contributed by atoms with Crippen molar-refractivity contribution in [3.63, 3.8) is 0 Å². The molecule has 1 aromatic heterocycles. The lowest BCUT2D eigenvalue weighted by molar-refractivity contribution is -0.0120. The molecule has 3 heteroatoms. The number of rotatable bonds is 4. The zero-order valence-corrected chi connectivity index (χ0v) is 10.9. The van der Waals surface area contributed by atoms with E-state index in [4.69, 9.17) is 14.9 Å². The van der Waals surface area contributed by atoms with Crippen LogP contribution in [0.25, 0.3) is 0 Å². The van der Waals surface area contributed by atoms with E-state index < -0.39 is 0 Å². The minimum absolute atomic E-state index is 0.398. The van der Waals surface area contributed by atoms with Gasteiger partial charge in [-0.3, -0.25) is 0 Å². The highest BCUT2D eigenvalue weighted by Gasteiger charge is 2.27. The van der Waals surface area contributed by atoms with Gasteiger partial charge in [-0.05, 0) is 37.2 Å². The largest absolute Gasteiger partial charge is 0.467 e. The third-order valence-corrected chi connectivity index (χ3v) is 3.69. The van der Waals surface area contributed by atoms with Crippen LogP contribution in [0.3, 0.4) is 0 Å². The minimum atomic E-state index is 0.398. The van der Waals surface area contributed by atoms with Crippen molar-refractivity contribution in [2.24, 2.45) is 11.1 Å². The Bertz CT molecular complexity index is 347. The highest BCUT2D eigenvalue weighted by molar-refractivity contribution is 5.11. The first-order valence-electron chi connectivity index (χ1n) is 6.47. The second kappa shape index (κ2) is 5.23. The van der Waals surface area contributed by atoms with Gasteiger partial charge in [-0.2, -0.15) is 0 Å². The van der Waals surface area contributed by atoms with Gasteiger partial charge in [0, 0.05) is 12.1 Å². The van der Waals surface area contributed by atoms with Gasteiger partial charge >= 0.3 is 0 Å². The smallest absolute Gasteiger partial charge is 0.129 e. The topological polar surface area (TPSA) is 48.4 Å². The fourth-order valence-electron chi connectivity index (χ4n) is 2.35.